The molecule has 0 spiro atoms. The molecule has 0 aliphatic carbocycles. The first-order chi connectivity index (χ1) is 14.3. The van der Waals surface area contributed by atoms with Crippen molar-refractivity contribution >= 4 is 16.0 Å². The topological polar surface area (TPSA) is 94.9 Å². The number of hydrogen-bond donors (Lipinski definition) is 0. The van der Waals surface area contributed by atoms with Gasteiger partial charge in [0.05, 0.1) is 12.0 Å². The number of methoxy groups -OCH3 is 1. The molecule has 1 aromatic carbocycles. The van der Waals surface area contributed by atoms with Gasteiger partial charge < -0.3 is 14.0 Å². The molecule has 8 nitrogen and oxygen atoms in total. The summed E-state index contributed by atoms with van der Waals surface area (Å²) >= 11 is 0. The molecular weight excluding hydrogens is 415 g/mol. The van der Waals surface area contributed by atoms with E-state index in [4.69, 9.17) is 4.74 Å². The molecule has 0 saturated carbocycles. The molecule has 160 valence electrons. The van der Waals surface area contributed by atoms with Crippen molar-refractivity contribution in [2.75, 3.05) is 26.8 Å². The van der Waals surface area contributed by atoms with Gasteiger partial charge in [0, 0.05) is 37.3 Å². The van der Waals surface area contributed by atoms with Gasteiger partial charge >= 0.3 is 5.97 Å². The molecule has 3 heterocycles. The molecule has 10 heteroatoms. The molecule has 30 heavy (non-hydrogen) atoms. The third-order valence-electron chi connectivity index (χ3n) is 5.56. The van der Waals surface area contributed by atoms with Crippen molar-refractivity contribution in [1.82, 2.24) is 8.87 Å². The molecule has 2 bridgehead atoms. The van der Waals surface area contributed by atoms with Crippen molar-refractivity contribution in [1.29, 1.82) is 0 Å². The van der Waals surface area contributed by atoms with Gasteiger partial charge in [0.25, 0.3) is 5.56 Å². The van der Waals surface area contributed by atoms with E-state index < -0.39 is 28.4 Å². The number of sulfonamides is 1. The molecule has 1 saturated heterocycles. The summed E-state index contributed by atoms with van der Waals surface area (Å²) in [5.74, 6) is -1.87. The fourth-order valence-corrected chi connectivity index (χ4v) is 5.73. The van der Waals surface area contributed by atoms with E-state index in [-0.39, 0.29) is 41.1 Å². The van der Waals surface area contributed by atoms with Gasteiger partial charge in [0.1, 0.15) is 0 Å². The maximum absolute atomic E-state index is 14.4. The second kappa shape index (κ2) is 7.84. The number of fused-ring (bicyclic) bond motifs is 4. The molecule has 4 rings (SSSR count). The molecule has 2 unspecified atom stereocenters. The molecule has 2 aliphatic rings. The van der Waals surface area contributed by atoms with Crippen molar-refractivity contribution in [3.63, 3.8) is 0 Å². The van der Waals surface area contributed by atoms with Gasteiger partial charge in [0.15, 0.2) is 18.2 Å². The van der Waals surface area contributed by atoms with Gasteiger partial charge in [-0.2, -0.15) is 4.31 Å². The number of ether oxygens (including phenoxy) is 2. The maximum Gasteiger partial charge on any atom is 0.343 e. The minimum absolute atomic E-state index is 0.0126. The van der Waals surface area contributed by atoms with E-state index in [1.807, 2.05) is 6.07 Å². The number of halogens is 1. The molecule has 2 aliphatic heterocycles. The number of carbonyl (C=O) groups excluding carboxylic acids is 1. The summed E-state index contributed by atoms with van der Waals surface area (Å²) in [6.07, 6.45) is 0.810. The summed E-state index contributed by atoms with van der Waals surface area (Å²) in [6, 6.07) is 8.38. The van der Waals surface area contributed by atoms with E-state index in [2.05, 4.69) is 4.74 Å². The lowest BCUT2D eigenvalue weighted by atomic mass is 9.84. The molecule has 0 radical (unpaired) electrons. The lowest BCUT2D eigenvalue weighted by Gasteiger charge is -2.42. The van der Waals surface area contributed by atoms with Crippen LogP contribution < -0.4 is 10.3 Å². The highest BCUT2D eigenvalue weighted by molar-refractivity contribution is 7.89. The first-order valence-electron chi connectivity index (χ1n) is 9.48. The number of hydrogen-bond acceptors (Lipinski definition) is 6. The first kappa shape index (κ1) is 20.5. The van der Waals surface area contributed by atoms with E-state index in [0.717, 1.165) is 18.2 Å². The second-order valence-electron chi connectivity index (χ2n) is 7.48. The minimum Gasteiger partial charge on any atom is -0.479 e. The third-order valence-corrected chi connectivity index (χ3v) is 7.39. The average Bonchev–Trinajstić information content (AvgIpc) is 2.73. The highest BCUT2D eigenvalue weighted by Gasteiger charge is 2.39. The molecule has 0 amide bonds. The first-order valence-corrected chi connectivity index (χ1v) is 10.9. The van der Waals surface area contributed by atoms with Crippen LogP contribution in [-0.2, 0) is 26.1 Å². The Labute approximate surface area is 172 Å². The number of esters is 1. The smallest absolute Gasteiger partial charge is 0.343 e. The van der Waals surface area contributed by atoms with Gasteiger partial charge in [-0.1, -0.05) is 6.07 Å². The van der Waals surface area contributed by atoms with Crippen LogP contribution in [0.15, 0.2) is 46.1 Å². The Balaban J connectivity index is 1.57. The number of pyridine rings is 1. The zero-order chi connectivity index (χ0) is 21.5. The third kappa shape index (κ3) is 3.72. The Bertz CT molecular complexity index is 1150. The van der Waals surface area contributed by atoms with Crippen molar-refractivity contribution in [2.45, 2.75) is 23.8 Å². The average molecular weight is 436 g/mol. The standard InChI is InChI=1S/C20H21FN2O6S/c1-28-20(25)12-29-18-6-5-15(8-16(18)21)30(26,27)22-9-13-7-14(11-22)17-3-2-4-19(24)23(17)10-13/h2-6,8,13-14H,7,9-12H2,1H3. The quantitative estimate of drug-likeness (QED) is 0.657. The SMILES string of the molecule is COC(=O)COc1ccc(S(=O)(=O)N2CC3CC(C2)c2cccc(=O)n2C3)cc1F. The Morgan fingerprint density at radius 1 is 1.20 bits per heavy atom. The van der Waals surface area contributed by atoms with Crippen LogP contribution in [0, 0.1) is 11.7 Å². The summed E-state index contributed by atoms with van der Waals surface area (Å²) in [5.41, 5.74) is 0.750. The Morgan fingerprint density at radius 2 is 2.00 bits per heavy atom. The van der Waals surface area contributed by atoms with Crippen LogP contribution in [0.4, 0.5) is 4.39 Å². The minimum atomic E-state index is -3.93. The van der Waals surface area contributed by atoms with E-state index in [1.165, 1.54) is 29.6 Å². The molecule has 2 aromatic rings. The van der Waals surface area contributed by atoms with Crippen LogP contribution in [0.1, 0.15) is 18.0 Å². The van der Waals surface area contributed by atoms with E-state index in [0.29, 0.717) is 6.54 Å². The zero-order valence-electron chi connectivity index (χ0n) is 16.3. The fourth-order valence-electron chi connectivity index (χ4n) is 4.15. The predicted octanol–water partition coefficient (Wildman–Crippen LogP) is 1.35. The maximum atomic E-state index is 14.4. The summed E-state index contributed by atoms with van der Waals surface area (Å²) in [7, 11) is -2.75. The van der Waals surface area contributed by atoms with Gasteiger partial charge in [-0.3, -0.25) is 4.79 Å². The van der Waals surface area contributed by atoms with Crippen LogP contribution in [0.2, 0.25) is 0 Å². The predicted molar refractivity (Wildman–Crippen MR) is 104 cm³/mol. The van der Waals surface area contributed by atoms with Crippen LogP contribution in [0.3, 0.4) is 0 Å². The number of carbonyl (C=O) groups is 1. The molecular formula is C20H21FN2O6S. The van der Waals surface area contributed by atoms with Crippen molar-refractivity contribution < 1.29 is 27.1 Å². The summed E-state index contributed by atoms with van der Waals surface area (Å²) in [4.78, 5) is 23.1. The largest absolute Gasteiger partial charge is 0.479 e. The second-order valence-corrected chi connectivity index (χ2v) is 9.42. The van der Waals surface area contributed by atoms with Crippen LogP contribution in [0.5, 0.6) is 5.75 Å². The molecule has 0 N–H and O–H groups in total. The molecule has 1 aromatic heterocycles. The van der Waals surface area contributed by atoms with E-state index in [1.54, 1.807) is 10.6 Å². The van der Waals surface area contributed by atoms with Crippen LogP contribution in [-0.4, -0.2) is 50.1 Å². The van der Waals surface area contributed by atoms with Crippen molar-refractivity contribution in [2.24, 2.45) is 5.92 Å². The van der Waals surface area contributed by atoms with E-state index >= 15 is 0 Å². The van der Waals surface area contributed by atoms with Gasteiger partial charge in [-0.15, -0.1) is 0 Å². The van der Waals surface area contributed by atoms with Crippen molar-refractivity contribution in [3.8, 4) is 5.75 Å². The number of rotatable bonds is 5. The summed E-state index contributed by atoms with van der Waals surface area (Å²) in [5, 5.41) is 0. The zero-order valence-corrected chi connectivity index (χ0v) is 17.1. The lowest BCUT2D eigenvalue weighted by molar-refractivity contribution is -0.142. The number of piperidine rings is 1. The van der Waals surface area contributed by atoms with Crippen LogP contribution >= 0.6 is 0 Å². The molecule has 2 atom stereocenters. The molecule has 1 fully saturated rings. The van der Waals surface area contributed by atoms with Crippen LogP contribution in [0.25, 0.3) is 0 Å². The number of nitrogens with zero attached hydrogens (tertiary/aromatic N) is 2. The Hall–Kier alpha value is -2.72. The number of benzene rings is 1. The van der Waals surface area contributed by atoms with Gasteiger partial charge in [0.2, 0.25) is 10.0 Å². The Kier molecular flexibility index (Phi) is 5.37. The monoisotopic (exact) mass is 436 g/mol. The van der Waals surface area contributed by atoms with Gasteiger partial charge in [-0.05, 0) is 36.6 Å². The highest BCUT2D eigenvalue weighted by atomic mass is 32.2. The fraction of sp³-hybridized carbons (Fsp3) is 0.400. The summed E-state index contributed by atoms with van der Waals surface area (Å²) in [6.45, 7) is 0.478. The number of aromatic nitrogens is 1. The lowest BCUT2D eigenvalue weighted by Crippen LogP contribution is -2.49. The normalized spacial score (nSPS) is 21.0. The van der Waals surface area contributed by atoms with Crippen molar-refractivity contribution in [3.05, 3.63) is 58.3 Å². The van der Waals surface area contributed by atoms with E-state index in [9.17, 15) is 22.4 Å². The Morgan fingerprint density at radius 3 is 2.73 bits per heavy atom. The summed E-state index contributed by atoms with van der Waals surface area (Å²) < 4.78 is 53.2. The van der Waals surface area contributed by atoms with Gasteiger partial charge in [-0.25, -0.2) is 17.6 Å². The highest BCUT2D eigenvalue weighted by Crippen LogP contribution is 2.37.